The van der Waals surface area contributed by atoms with Crippen LogP contribution in [0.1, 0.15) is 13.8 Å². The molecule has 2 saturated heterocycles. The zero-order valence-corrected chi connectivity index (χ0v) is 13.3. The molecule has 2 aliphatic heterocycles. The van der Waals surface area contributed by atoms with Crippen LogP contribution in [-0.4, -0.2) is 94.6 Å². The van der Waals surface area contributed by atoms with Crippen molar-refractivity contribution in [2.75, 3.05) is 13.7 Å². The minimum absolute atomic E-state index is 0.297. The smallest absolute Gasteiger partial charge is 0.186 e. The molecule has 2 aliphatic rings. The lowest BCUT2D eigenvalue weighted by Gasteiger charge is -2.45. The molecule has 0 radical (unpaired) electrons. The van der Waals surface area contributed by atoms with Gasteiger partial charge in [-0.3, -0.25) is 0 Å². The first-order valence-corrected chi connectivity index (χ1v) is 7.64. The normalized spacial score (nSPS) is 51.7. The van der Waals surface area contributed by atoms with Crippen LogP contribution < -0.4 is 0 Å². The summed E-state index contributed by atoms with van der Waals surface area (Å²) in [5.41, 5.74) is 0. The van der Waals surface area contributed by atoms with E-state index in [2.05, 4.69) is 0 Å². The van der Waals surface area contributed by atoms with E-state index in [1.165, 1.54) is 7.11 Å². The summed E-state index contributed by atoms with van der Waals surface area (Å²) < 4.78 is 21.3. The van der Waals surface area contributed by atoms with E-state index in [-0.39, 0.29) is 12.0 Å². The number of ether oxygens (including phenoxy) is 4. The van der Waals surface area contributed by atoms with Crippen LogP contribution in [0.2, 0.25) is 0 Å². The highest BCUT2D eigenvalue weighted by atomic mass is 16.7. The molecular weight excluding hydrogens is 312 g/mol. The van der Waals surface area contributed by atoms with Crippen LogP contribution in [0.5, 0.6) is 0 Å². The number of hydrogen-bond acceptors (Lipinski definition) is 9. The van der Waals surface area contributed by atoms with E-state index >= 15 is 0 Å². The maximum absolute atomic E-state index is 10.2. The Hall–Kier alpha value is -0.360. The van der Waals surface area contributed by atoms with Crippen molar-refractivity contribution < 1.29 is 44.5 Å². The van der Waals surface area contributed by atoms with Crippen LogP contribution in [0.15, 0.2) is 0 Å². The Morgan fingerprint density at radius 3 is 2.04 bits per heavy atom. The molecule has 0 aliphatic carbocycles. The minimum Gasteiger partial charge on any atom is -0.394 e. The molecule has 10 unspecified atom stereocenters. The number of hydrogen-bond donors (Lipinski definition) is 5. The topological polar surface area (TPSA) is 138 Å². The molecule has 5 N–H and O–H groups in total. The van der Waals surface area contributed by atoms with Gasteiger partial charge in [0.15, 0.2) is 12.6 Å². The molecular formula is C14H26O9. The molecule has 0 spiro atoms. The van der Waals surface area contributed by atoms with Gasteiger partial charge >= 0.3 is 0 Å². The molecule has 10 atom stereocenters. The second kappa shape index (κ2) is 7.68. The largest absolute Gasteiger partial charge is 0.394 e. The zero-order chi connectivity index (χ0) is 17.3. The number of rotatable bonds is 4. The molecule has 0 aromatic carbocycles. The molecule has 2 rings (SSSR count). The third-order valence-corrected chi connectivity index (χ3v) is 4.60. The summed E-state index contributed by atoms with van der Waals surface area (Å²) in [4.78, 5) is 0. The second-order valence-electron chi connectivity index (χ2n) is 6.09. The predicted molar refractivity (Wildman–Crippen MR) is 75.2 cm³/mol. The zero-order valence-electron chi connectivity index (χ0n) is 13.3. The monoisotopic (exact) mass is 338 g/mol. The van der Waals surface area contributed by atoms with Crippen LogP contribution >= 0.6 is 0 Å². The Bertz CT molecular complexity index is 379. The Kier molecular flexibility index (Phi) is 6.34. The summed E-state index contributed by atoms with van der Waals surface area (Å²) in [5.74, 6) is -0.297. The van der Waals surface area contributed by atoms with Crippen molar-refractivity contribution in [1.82, 2.24) is 0 Å². The van der Waals surface area contributed by atoms with Gasteiger partial charge in [0, 0.05) is 13.0 Å². The van der Waals surface area contributed by atoms with E-state index < -0.39 is 55.8 Å². The van der Waals surface area contributed by atoms with Crippen molar-refractivity contribution in [3.8, 4) is 0 Å². The molecule has 0 amide bonds. The quantitative estimate of drug-likeness (QED) is 0.378. The summed E-state index contributed by atoms with van der Waals surface area (Å²) in [6.45, 7) is 2.96. The molecule has 9 nitrogen and oxygen atoms in total. The fourth-order valence-corrected chi connectivity index (χ4v) is 2.85. The van der Waals surface area contributed by atoms with E-state index in [1.54, 1.807) is 13.8 Å². The highest BCUT2D eigenvalue weighted by molar-refractivity contribution is 4.92. The highest BCUT2D eigenvalue weighted by Crippen LogP contribution is 2.30. The van der Waals surface area contributed by atoms with Gasteiger partial charge < -0.3 is 44.5 Å². The summed E-state index contributed by atoms with van der Waals surface area (Å²) >= 11 is 0. The molecule has 9 heteroatoms. The SMILES string of the molecule is COC1OC(CO)C(OC2OC(C)C(C)C(O)C2O)C(O)C1O. The minimum atomic E-state index is -1.42. The van der Waals surface area contributed by atoms with Crippen molar-refractivity contribution in [2.45, 2.75) is 69.2 Å². The van der Waals surface area contributed by atoms with Crippen LogP contribution in [0.25, 0.3) is 0 Å². The van der Waals surface area contributed by atoms with Crippen molar-refractivity contribution in [3.63, 3.8) is 0 Å². The van der Waals surface area contributed by atoms with E-state index in [4.69, 9.17) is 18.9 Å². The first kappa shape index (κ1) is 19.0. The van der Waals surface area contributed by atoms with Crippen molar-refractivity contribution in [1.29, 1.82) is 0 Å². The average Bonchev–Trinajstić information content (AvgIpc) is 2.54. The maximum Gasteiger partial charge on any atom is 0.186 e. The van der Waals surface area contributed by atoms with Gasteiger partial charge in [-0.15, -0.1) is 0 Å². The summed E-state index contributed by atoms with van der Waals surface area (Å²) in [6.07, 6.45) is -10.1. The van der Waals surface area contributed by atoms with Gasteiger partial charge in [0.05, 0.1) is 18.8 Å². The first-order chi connectivity index (χ1) is 10.8. The summed E-state index contributed by atoms with van der Waals surface area (Å²) in [6, 6.07) is 0. The third-order valence-electron chi connectivity index (χ3n) is 4.60. The molecule has 0 saturated carbocycles. The van der Waals surface area contributed by atoms with Gasteiger partial charge in [-0.2, -0.15) is 0 Å². The Morgan fingerprint density at radius 1 is 0.870 bits per heavy atom. The highest BCUT2D eigenvalue weighted by Gasteiger charge is 2.49. The van der Waals surface area contributed by atoms with Crippen LogP contribution in [0, 0.1) is 5.92 Å². The van der Waals surface area contributed by atoms with Gasteiger partial charge in [-0.25, -0.2) is 0 Å². The summed E-state index contributed by atoms with van der Waals surface area (Å²) in [5, 5.41) is 49.7. The van der Waals surface area contributed by atoms with Gasteiger partial charge in [0.2, 0.25) is 0 Å². The number of aliphatic hydroxyl groups excluding tert-OH is 5. The van der Waals surface area contributed by atoms with E-state index in [1.807, 2.05) is 0 Å². The van der Waals surface area contributed by atoms with Crippen molar-refractivity contribution in [2.24, 2.45) is 5.92 Å². The van der Waals surface area contributed by atoms with Gasteiger partial charge in [-0.05, 0) is 6.92 Å². The fourth-order valence-electron chi connectivity index (χ4n) is 2.85. The molecule has 0 aromatic rings. The van der Waals surface area contributed by atoms with E-state index in [9.17, 15) is 25.5 Å². The summed E-state index contributed by atoms with van der Waals surface area (Å²) in [7, 11) is 1.30. The number of aliphatic hydroxyl groups is 5. The Balaban J connectivity index is 2.10. The molecule has 136 valence electrons. The van der Waals surface area contributed by atoms with E-state index in [0.717, 1.165) is 0 Å². The van der Waals surface area contributed by atoms with Crippen molar-refractivity contribution in [3.05, 3.63) is 0 Å². The first-order valence-electron chi connectivity index (χ1n) is 7.64. The lowest BCUT2D eigenvalue weighted by Crippen LogP contribution is -2.63. The lowest BCUT2D eigenvalue weighted by molar-refractivity contribution is -0.350. The predicted octanol–water partition coefficient (Wildman–Crippen LogP) is -2.44. The molecule has 0 aromatic heterocycles. The molecule has 2 fully saturated rings. The van der Waals surface area contributed by atoms with E-state index in [0.29, 0.717) is 0 Å². The standard InChI is InChI=1S/C14H26O9/c1-5-6(2)21-14(10(18)8(5)16)23-12-7(4-15)22-13(20-3)11(19)9(12)17/h5-19H,4H2,1-3H3. The lowest BCUT2D eigenvalue weighted by atomic mass is 9.91. The van der Waals surface area contributed by atoms with Crippen LogP contribution in [0.3, 0.4) is 0 Å². The van der Waals surface area contributed by atoms with Gasteiger partial charge in [-0.1, -0.05) is 6.92 Å². The van der Waals surface area contributed by atoms with Crippen LogP contribution in [-0.2, 0) is 18.9 Å². The maximum atomic E-state index is 10.2. The Labute approximate surface area is 134 Å². The van der Waals surface area contributed by atoms with Crippen molar-refractivity contribution >= 4 is 0 Å². The second-order valence-corrected chi connectivity index (χ2v) is 6.09. The van der Waals surface area contributed by atoms with Gasteiger partial charge in [0.25, 0.3) is 0 Å². The van der Waals surface area contributed by atoms with Crippen LogP contribution in [0.4, 0.5) is 0 Å². The molecule has 23 heavy (non-hydrogen) atoms. The van der Waals surface area contributed by atoms with Gasteiger partial charge in [0.1, 0.15) is 30.5 Å². The third kappa shape index (κ3) is 3.68. The fraction of sp³-hybridized carbons (Fsp3) is 1.00. The number of methoxy groups -OCH3 is 1. The Morgan fingerprint density at radius 2 is 1.48 bits per heavy atom. The average molecular weight is 338 g/mol. The molecule has 0 bridgehead atoms. The molecule has 2 heterocycles.